The first-order valence-corrected chi connectivity index (χ1v) is 8.01. The highest BCUT2D eigenvalue weighted by Crippen LogP contribution is 2.21. The minimum Gasteiger partial charge on any atom is -0.468 e. The Hall–Kier alpha value is -2.12. The summed E-state index contributed by atoms with van der Waals surface area (Å²) in [5.74, 6) is -0.433. The average molecular weight is 352 g/mol. The van der Waals surface area contributed by atoms with Crippen molar-refractivity contribution in [2.45, 2.75) is 10.9 Å². The molecule has 0 fully saturated rings. The topological polar surface area (TPSA) is 81.2 Å². The zero-order valence-corrected chi connectivity index (χ0v) is 13.9. The number of thioether (sulfide) groups is 1. The van der Waals surface area contributed by atoms with Crippen LogP contribution in [0.5, 0.6) is 0 Å². The lowest BCUT2D eigenvalue weighted by atomic mass is 10.2. The van der Waals surface area contributed by atoms with Crippen LogP contribution in [0.15, 0.2) is 41.7 Å². The van der Waals surface area contributed by atoms with Crippen molar-refractivity contribution in [3.8, 4) is 0 Å². The number of nitrogens with zero attached hydrogens (tertiary/aromatic N) is 2. The third kappa shape index (κ3) is 5.22. The van der Waals surface area contributed by atoms with Gasteiger partial charge in [-0.25, -0.2) is 9.97 Å². The number of ether oxygens (including phenoxy) is 1. The Kier molecular flexibility index (Phi) is 6.37. The van der Waals surface area contributed by atoms with E-state index in [-0.39, 0.29) is 17.3 Å². The molecule has 0 aliphatic heterocycles. The Bertz CT molecular complexity index is 698. The number of aromatic nitrogens is 2. The molecular weight excluding hydrogens is 338 g/mol. The van der Waals surface area contributed by atoms with Gasteiger partial charge in [-0.1, -0.05) is 53.7 Å². The Labute approximate surface area is 142 Å². The summed E-state index contributed by atoms with van der Waals surface area (Å²) >= 11 is 7.34. The van der Waals surface area contributed by atoms with Crippen LogP contribution >= 0.6 is 23.4 Å². The Morgan fingerprint density at radius 3 is 2.74 bits per heavy atom. The summed E-state index contributed by atoms with van der Waals surface area (Å²) in [5.41, 5.74) is 1.15. The van der Waals surface area contributed by atoms with Gasteiger partial charge < -0.3 is 10.1 Å². The van der Waals surface area contributed by atoms with Crippen LogP contribution in [0.3, 0.4) is 0 Å². The van der Waals surface area contributed by atoms with E-state index in [4.69, 9.17) is 11.6 Å². The molecule has 6 nitrogen and oxygen atoms in total. The molecule has 120 valence electrons. The number of amides is 1. The van der Waals surface area contributed by atoms with Crippen LogP contribution in [-0.4, -0.2) is 35.5 Å². The molecule has 23 heavy (non-hydrogen) atoms. The molecule has 0 aliphatic rings. The molecule has 0 unspecified atom stereocenters. The third-order valence-corrected chi connectivity index (χ3v) is 3.98. The van der Waals surface area contributed by atoms with Crippen molar-refractivity contribution in [3.05, 3.63) is 52.8 Å². The number of benzene rings is 1. The zero-order chi connectivity index (χ0) is 16.7. The van der Waals surface area contributed by atoms with Gasteiger partial charge in [0.15, 0.2) is 10.9 Å². The monoisotopic (exact) mass is 351 g/mol. The summed E-state index contributed by atoms with van der Waals surface area (Å²) in [5, 5.41) is 2.95. The van der Waals surface area contributed by atoms with Crippen LogP contribution in [-0.2, 0) is 15.3 Å². The summed E-state index contributed by atoms with van der Waals surface area (Å²) in [6.45, 7) is -0.248. The van der Waals surface area contributed by atoms with E-state index in [1.165, 1.54) is 25.1 Å². The largest absolute Gasteiger partial charge is 0.468 e. The highest BCUT2D eigenvalue weighted by molar-refractivity contribution is 7.98. The van der Waals surface area contributed by atoms with Gasteiger partial charge in [0.1, 0.15) is 6.54 Å². The van der Waals surface area contributed by atoms with Gasteiger partial charge in [0.05, 0.1) is 18.3 Å². The molecule has 0 spiro atoms. The second-order valence-corrected chi connectivity index (χ2v) is 5.73. The van der Waals surface area contributed by atoms with Gasteiger partial charge in [0.2, 0.25) is 0 Å². The molecule has 2 aromatic rings. The van der Waals surface area contributed by atoms with Crippen LogP contribution in [0.25, 0.3) is 0 Å². The van der Waals surface area contributed by atoms with E-state index in [0.717, 1.165) is 5.56 Å². The van der Waals surface area contributed by atoms with E-state index in [1.807, 2.05) is 30.3 Å². The quantitative estimate of drug-likeness (QED) is 0.488. The SMILES string of the molecule is COC(=O)CNC(=O)c1nc(SCc2ccccc2)ncc1Cl. The number of rotatable bonds is 6. The molecule has 1 aromatic carbocycles. The number of carbonyl (C=O) groups excluding carboxylic acids is 2. The molecule has 0 atom stereocenters. The summed E-state index contributed by atoms with van der Waals surface area (Å²) in [4.78, 5) is 31.3. The fraction of sp³-hybridized carbons (Fsp3) is 0.200. The van der Waals surface area contributed by atoms with Gasteiger partial charge in [0.25, 0.3) is 5.91 Å². The normalized spacial score (nSPS) is 10.2. The second kappa shape index (κ2) is 8.50. The van der Waals surface area contributed by atoms with Gasteiger partial charge in [-0.05, 0) is 5.56 Å². The number of methoxy groups -OCH3 is 1. The Balaban J connectivity index is 2.03. The van der Waals surface area contributed by atoms with E-state index in [2.05, 4.69) is 20.0 Å². The average Bonchev–Trinajstić information content (AvgIpc) is 2.59. The van der Waals surface area contributed by atoms with Crippen LogP contribution in [0.4, 0.5) is 0 Å². The molecule has 0 saturated heterocycles. The Morgan fingerprint density at radius 2 is 2.04 bits per heavy atom. The standard InChI is InChI=1S/C15H14ClN3O3S/c1-22-12(20)8-17-14(21)13-11(16)7-18-15(19-13)23-9-10-5-3-2-4-6-10/h2-7H,8-9H2,1H3,(H,17,21). The highest BCUT2D eigenvalue weighted by atomic mass is 35.5. The number of hydrogen-bond donors (Lipinski definition) is 1. The van der Waals surface area contributed by atoms with Crippen LogP contribution in [0.2, 0.25) is 5.02 Å². The fourth-order valence-corrected chi connectivity index (χ4v) is 2.56. The van der Waals surface area contributed by atoms with Gasteiger partial charge in [-0.3, -0.25) is 9.59 Å². The van der Waals surface area contributed by atoms with E-state index in [0.29, 0.717) is 10.9 Å². The smallest absolute Gasteiger partial charge is 0.325 e. The molecule has 0 radical (unpaired) electrons. The minimum atomic E-state index is -0.554. The molecule has 2 rings (SSSR count). The second-order valence-electron chi connectivity index (χ2n) is 4.38. The minimum absolute atomic E-state index is 0.0288. The van der Waals surface area contributed by atoms with Gasteiger partial charge in [-0.2, -0.15) is 0 Å². The zero-order valence-electron chi connectivity index (χ0n) is 12.3. The van der Waals surface area contributed by atoms with E-state index < -0.39 is 11.9 Å². The van der Waals surface area contributed by atoms with Crippen molar-refractivity contribution in [2.24, 2.45) is 0 Å². The number of hydrogen-bond acceptors (Lipinski definition) is 6. The number of nitrogens with one attached hydrogen (secondary N) is 1. The molecule has 1 amide bonds. The summed E-state index contributed by atoms with van der Waals surface area (Å²) in [7, 11) is 1.24. The Morgan fingerprint density at radius 1 is 1.30 bits per heavy atom. The summed E-state index contributed by atoms with van der Waals surface area (Å²) in [6.07, 6.45) is 1.37. The molecule has 1 N–H and O–H groups in total. The predicted molar refractivity (Wildman–Crippen MR) is 87.4 cm³/mol. The molecule has 1 aromatic heterocycles. The van der Waals surface area contributed by atoms with Crippen molar-refractivity contribution < 1.29 is 14.3 Å². The molecule has 0 saturated carbocycles. The lowest BCUT2D eigenvalue weighted by molar-refractivity contribution is -0.139. The molecule has 1 heterocycles. The highest BCUT2D eigenvalue weighted by Gasteiger charge is 2.15. The predicted octanol–water partition coefficient (Wildman–Crippen LogP) is 2.33. The maximum atomic E-state index is 12.0. The molecule has 8 heteroatoms. The number of halogens is 1. The fourth-order valence-electron chi connectivity index (χ4n) is 1.61. The lowest BCUT2D eigenvalue weighted by Gasteiger charge is -2.06. The van der Waals surface area contributed by atoms with E-state index in [1.54, 1.807) is 0 Å². The molecule has 0 aliphatic carbocycles. The van der Waals surface area contributed by atoms with E-state index >= 15 is 0 Å². The van der Waals surface area contributed by atoms with Gasteiger partial charge in [-0.15, -0.1) is 0 Å². The van der Waals surface area contributed by atoms with Crippen LogP contribution < -0.4 is 5.32 Å². The summed E-state index contributed by atoms with van der Waals surface area (Å²) in [6, 6.07) is 9.82. The lowest BCUT2D eigenvalue weighted by Crippen LogP contribution is -2.31. The van der Waals surface area contributed by atoms with Crippen LogP contribution in [0.1, 0.15) is 16.1 Å². The van der Waals surface area contributed by atoms with Crippen molar-refractivity contribution >= 4 is 35.2 Å². The van der Waals surface area contributed by atoms with Crippen molar-refractivity contribution in [3.63, 3.8) is 0 Å². The third-order valence-electron chi connectivity index (χ3n) is 2.77. The molecular formula is C15H14ClN3O3S. The van der Waals surface area contributed by atoms with Gasteiger partial charge >= 0.3 is 5.97 Å². The first kappa shape index (κ1) is 17.2. The first-order chi connectivity index (χ1) is 11.1. The maximum Gasteiger partial charge on any atom is 0.325 e. The van der Waals surface area contributed by atoms with E-state index in [9.17, 15) is 9.59 Å². The summed E-state index contributed by atoms with van der Waals surface area (Å²) < 4.78 is 4.45. The van der Waals surface area contributed by atoms with Gasteiger partial charge in [0, 0.05) is 5.75 Å². The van der Waals surface area contributed by atoms with Crippen LogP contribution in [0, 0.1) is 0 Å². The van der Waals surface area contributed by atoms with Crippen molar-refractivity contribution in [2.75, 3.05) is 13.7 Å². The maximum absolute atomic E-state index is 12.0. The van der Waals surface area contributed by atoms with Crippen molar-refractivity contribution in [1.82, 2.24) is 15.3 Å². The number of carbonyl (C=O) groups is 2. The molecule has 0 bridgehead atoms. The first-order valence-electron chi connectivity index (χ1n) is 6.64. The van der Waals surface area contributed by atoms with Crippen molar-refractivity contribution in [1.29, 1.82) is 0 Å². The number of esters is 1.